The van der Waals surface area contributed by atoms with Crippen molar-refractivity contribution in [1.29, 1.82) is 0 Å². The van der Waals surface area contributed by atoms with Gasteiger partial charge in [0.1, 0.15) is 9.12 Å². The molecule has 0 aromatic carbocycles. The van der Waals surface area contributed by atoms with Crippen molar-refractivity contribution in [2.75, 3.05) is 7.11 Å². The summed E-state index contributed by atoms with van der Waals surface area (Å²) in [4.78, 5) is 0. The van der Waals surface area contributed by atoms with Crippen LogP contribution in [0.3, 0.4) is 0 Å². The largest absolute Gasteiger partial charge is 0.400 e. The fourth-order valence-corrected chi connectivity index (χ4v) is 0. The molecule has 5 heteroatoms. The number of halogens is 2. The summed E-state index contributed by atoms with van der Waals surface area (Å²) >= 11 is 0. The number of hydrogen-bond donors (Lipinski definition) is 1. The Labute approximate surface area is 60.1 Å². The van der Waals surface area contributed by atoms with Crippen molar-refractivity contribution < 1.29 is 9.67 Å². The molecule has 0 heterocycles. The summed E-state index contributed by atoms with van der Waals surface area (Å²) in [6, 6.07) is 0. The second kappa shape index (κ2) is 146. The zero-order valence-corrected chi connectivity index (χ0v) is 7.60. The van der Waals surface area contributed by atoms with E-state index < -0.39 is 0 Å². The van der Waals surface area contributed by atoms with Gasteiger partial charge in [-0.1, -0.05) is 0 Å². The SMILES string of the molecule is Br.Br.CO.O=P. The van der Waals surface area contributed by atoms with Crippen molar-refractivity contribution in [2.24, 2.45) is 0 Å². The first-order valence-corrected chi connectivity index (χ1v) is 1.06. The summed E-state index contributed by atoms with van der Waals surface area (Å²) < 4.78 is 8.06. The second-order valence-corrected chi connectivity index (χ2v) is 0. The zero-order chi connectivity index (χ0) is 4.00. The molecular formula is CH7Br2O2P. The highest BCUT2D eigenvalue weighted by molar-refractivity contribution is 8.93. The zero-order valence-electron chi connectivity index (χ0n) is 3.17. The van der Waals surface area contributed by atoms with Crippen LogP contribution in [0, 0.1) is 0 Å². The highest BCUT2D eigenvalue weighted by Gasteiger charge is 0.839. The maximum atomic E-state index is 8.06. The van der Waals surface area contributed by atoms with E-state index in [1.807, 2.05) is 0 Å². The molecule has 0 rings (SSSR count). The molecular weight excluding hydrogens is 235 g/mol. The second-order valence-electron chi connectivity index (χ2n) is 0. The molecule has 42 valence electrons. The van der Waals surface area contributed by atoms with Crippen LogP contribution in [0.1, 0.15) is 0 Å². The number of aliphatic hydroxyl groups excluding tert-OH is 1. The van der Waals surface area contributed by atoms with E-state index in [1.165, 1.54) is 0 Å². The first-order valence-electron chi connectivity index (χ1n) is 0.651. The molecule has 0 spiro atoms. The Morgan fingerprint density at radius 1 is 1.17 bits per heavy atom. The summed E-state index contributed by atoms with van der Waals surface area (Å²) in [5.74, 6) is 0. The molecule has 0 amide bonds. The predicted octanol–water partition coefficient (Wildman–Crippen LogP) is 1.24. The molecule has 0 unspecified atom stereocenters. The van der Waals surface area contributed by atoms with Gasteiger partial charge in [0.2, 0.25) is 0 Å². The smallest absolute Gasteiger partial charge is 0.138 e. The van der Waals surface area contributed by atoms with Crippen LogP contribution < -0.4 is 0 Å². The van der Waals surface area contributed by atoms with Gasteiger partial charge in [-0.2, -0.15) is 0 Å². The maximum absolute atomic E-state index is 8.06. The maximum Gasteiger partial charge on any atom is 0.138 e. The highest BCUT2D eigenvalue weighted by Crippen LogP contribution is 1.23. The lowest BCUT2D eigenvalue weighted by molar-refractivity contribution is 0.399. The minimum atomic E-state index is 0. The lowest BCUT2D eigenvalue weighted by Gasteiger charge is -1.21. The lowest BCUT2D eigenvalue weighted by Crippen LogP contribution is -1.25. The molecule has 0 atom stereocenters. The quantitative estimate of drug-likeness (QED) is 0.648. The van der Waals surface area contributed by atoms with Crippen LogP contribution in [0.5, 0.6) is 0 Å². The molecule has 0 aromatic rings. The van der Waals surface area contributed by atoms with Crippen LogP contribution in [-0.4, -0.2) is 12.2 Å². The summed E-state index contributed by atoms with van der Waals surface area (Å²) in [6.07, 6.45) is 0. The fraction of sp³-hybridized carbons (Fsp3) is 1.00. The van der Waals surface area contributed by atoms with Gasteiger partial charge in [0.05, 0.1) is 0 Å². The van der Waals surface area contributed by atoms with Crippen LogP contribution in [0.25, 0.3) is 0 Å². The van der Waals surface area contributed by atoms with Gasteiger partial charge < -0.3 is 5.11 Å². The lowest BCUT2D eigenvalue weighted by atomic mass is 11.8. The van der Waals surface area contributed by atoms with Crippen molar-refractivity contribution in [2.45, 2.75) is 0 Å². The molecule has 0 aliphatic rings. The molecule has 0 aliphatic carbocycles. The first-order chi connectivity index (χ1) is 2.00. The Bertz CT molecular complexity index is 11.5. The molecule has 0 aromatic heterocycles. The third-order valence-electron chi connectivity index (χ3n) is 0. The molecule has 0 saturated heterocycles. The van der Waals surface area contributed by atoms with E-state index in [0.717, 1.165) is 7.11 Å². The Balaban J connectivity index is -0.00000000500. The van der Waals surface area contributed by atoms with Gasteiger partial charge in [-0.15, -0.1) is 34.0 Å². The monoisotopic (exact) mass is 240 g/mol. The Morgan fingerprint density at radius 2 is 1.17 bits per heavy atom. The van der Waals surface area contributed by atoms with E-state index in [0.29, 0.717) is 0 Å². The molecule has 2 nitrogen and oxygen atoms in total. The topological polar surface area (TPSA) is 37.3 Å². The minimum Gasteiger partial charge on any atom is -0.400 e. The first kappa shape index (κ1) is 27.9. The normalized spacial score (nSPS) is 1.67. The minimum absolute atomic E-state index is 0. The van der Waals surface area contributed by atoms with Crippen LogP contribution in [0.15, 0.2) is 0 Å². The van der Waals surface area contributed by atoms with Gasteiger partial charge in [-0.3, -0.25) is 4.57 Å². The third-order valence-corrected chi connectivity index (χ3v) is 0. The van der Waals surface area contributed by atoms with Crippen LogP contribution in [0.4, 0.5) is 0 Å². The van der Waals surface area contributed by atoms with Gasteiger partial charge in [-0.25, -0.2) is 0 Å². The molecule has 0 fully saturated rings. The van der Waals surface area contributed by atoms with Gasteiger partial charge >= 0.3 is 0 Å². The molecule has 1 N–H and O–H groups in total. The van der Waals surface area contributed by atoms with E-state index >= 15 is 0 Å². The molecule has 0 radical (unpaired) electrons. The molecule has 6 heavy (non-hydrogen) atoms. The van der Waals surface area contributed by atoms with Crippen molar-refractivity contribution in [3.63, 3.8) is 0 Å². The average molecular weight is 242 g/mol. The van der Waals surface area contributed by atoms with Crippen molar-refractivity contribution in [3.05, 3.63) is 0 Å². The third kappa shape index (κ3) is 78.0. The van der Waals surface area contributed by atoms with Crippen LogP contribution in [-0.2, 0) is 4.57 Å². The summed E-state index contributed by atoms with van der Waals surface area (Å²) in [6.45, 7) is 0. The Hall–Kier alpha value is 1.02. The molecule has 0 bridgehead atoms. The van der Waals surface area contributed by atoms with Crippen molar-refractivity contribution in [1.82, 2.24) is 0 Å². The molecule has 0 aliphatic heterocycles. The number of rotatable bonds is 0. The standard InChI is InChI=1S/CH4O.2BrH.HOP/c1-2;;;1-2/h2H,1H3;2*1H;2H. The Morgan fingerprint density at radius 3 is 1.17 bits per heavy atom. The van der Waals surface area contributed by atoms with E-state index in [4.69, 9.17) is 9.67 Å². The summed E-state index contributed by atoms with van der Waals surface area (Å²) in [5, 5.41) is 7.00. The van der Waals surface area contributed by atoms with E-state index in [-0.39, 0.29) is 34.0 Å². The molecule has 0 saturated carbocycles. The fourth-order valence-electron chi connectivity index (χ4n) is 0. The number of aliphatic hydroxyl groups is 1. The van der Waals surface area contributed by atoms with E-state index in [2.05, 4.69) is 0 Å². The Kier molecular flexibility index (Phi) is 678. The highest BCUT2D eigenvalue weighted by atomic mass is 79.9. The average Bonchev–Trinajstić information content (AvgIpc) is 1.50. The van der Waals surface area contributed by atoms with E-state index in [9.17, 15) is 0 Å². The van der Waals surface area contributed by atoms with Crippen molar-refractivity contribution in [3.8, 4) is 0 Å². The van der Waals surface area contributed by atoms with E-state index in [1.54, 1.807) is 9.12 Å². The van der Waals surface area contributed by atoms with Gasteiger partial charge in [-0.05, 0) is 0 Å². The van der Waals surface area contributed by atoms with Crippen LogP contribution >= 0.6 is 43.1 Å². The summed E-state index contributed by atoms with van der Waals surface area (Å²) in [5.41, 5.74) is 0. The number of hydrogen-bond acceptors (Lipinski definition) is 2. The van der Waals surface area contributed by atoms with Crippen LogP contribution in [0.2, 0.25) is 0 Å². The van der Waals surface area contributed by atoms with Gasteiger partial charge in [0, 0.05) is 7.11 Å². The van der Waals surface area contributed by atoms with Gasteiger partial charge in [0.15, 0.2) is 0 Å². The summed E-state index contributed by atoms with van der Waals surface area (Å²) in [7, 11) is 2.72. The van der Waals surface area contributed by atoms with Crippen molar-refractivity contribution >= 4 is 43.1 Å². The van der Waals surface area contributed by atoms with Gasteiger partial charge in [0.25, 0.3) is 0 Å². The predicted molar refractivity (Wildman–Crippen MR) is 37.8 cm³/mol.